The van der Waals surface area contributed by atoms with Crippen LogP contribution in [0, 0.1) is 0 Å². The number of benzene rings is 3. The minimum Gasteiger partial charge on any atom is -0.493 e. The molecule has 0 aliphatic heterocycles. The summed E-state index contributed by atoms with van der Waals surface area (Å²) in [5.74, 6) is 0.0664. The van der Waals surface area contributed by atoms with E-state index < -0.39 is 22.5 Å². The summed E-state index contributed by atoms with van der Waals surface area (Å²) in [5.41, 5.74) is 4.35. The van der Waals surface area contributed by atoms with E-state index in [1.54, 1.807) is 18.2 Å². The topological polar surface area (TPSA) is 126 Å². The van der Waals surface area contributed by atoms with Crippen LogP contribution in [-0.2, 0) is 26.0 Å². The summed E-state index contributed by atoms with van der Waals surface area (Å²) in [6.45, 7) is 0.983. The molecule has 0 bridgehead atoms. The highest BCUT2D eigenvalue weighted by molar-refractivity contribution is 7.89. The summed E-state index contributed by atoms with van der Waals surface area (Å²) < 4.78 is 38.6. The van der Waals surface area contributed by atoms with Crippen LogP contribution in [0.3, 0.4) is 0 Å². The maximum Gasteiger partial charge on any atom is 0.255 e. The van der Waals surface area contributed by atoms with Gasteiger partial charge in [-0.3, -0.25) is 9.59 Å². The second-order valence-corrected chi connectivity index (χ2v) is 10.1. The number of para-hydroxylation sites is 1. The molecule has 0 aliphatic carbocycles. The Morgan fingerprint density at radius 2 is 1.66 bits per heavy atom. The third-order valence-electron chi connectivity index (χ3n) is 5.45. The number of sulfonamides is 1. The van der Waals surface area contributed by atoms with Gasteiger partial charge in [0.25, 0.3) is 5.91 Å². The van der Waals surface area contributed by atoms with Crippen LogP contribution in [-0.4, -0.2) is 58.1 Å². The molecule has 3 aromatic carbocycles. The fourth-order valence-corrected chi connectivity index (χ4v) is 5.03. The first-order chi connectivity index (χ1) is 18.2. The number of amides is 2. The number of nitrogens with one attached hydrogen (secondary N) is 2. The predicted octanol–water partition coefficient (Wildman–Crippen LogP) is 3.05. The number of anilines is 1. The Morgan fingerprint density at radius 3 is 2.29 bits per heavy atom. The second-order valence-electron chi connectivity index (χ2n) is 8.16. The van der Waals surface area contributed by atoms with Crippen LogP contribution >= 0.6 is 0 Å². The van der Waals surface area contributed by atoms with Crippen molar-refractivity contribution in [1.29, 1.82) is 0 Å². The molecule has 0 heterocycles. The van der Waals surface area contributed by atoms with Gasteiger partial charge in [0.1, 0.15) is 0 Å². The minimum atomic E-state index is -4.04. The highest BCUT2D eigenvalue weighted by atomic mass is 32.2. The summed E-state index contributed by atoms with van der Waals surface area (Å²) in [5, 5.41) is 6.57. The Bertz CT molecular complexity index is 1380. The summed E-state index contributed by atoms with van der Waals surface area (Å²) in [4.78, 5) is 24.0. The van der Waals surface area contributed by atoms with Crippen LogP contribution in [0.25, 0.3) is 0 Å². The first kappa shape index (κ1) is 28.4. The third-order valence-corrected chi connectivity index (χ3v) is 7.31. The van der Waals surface area contributed by atoms with Gasteiger partial charge in [0.2, 0.25) is 15.9 Å². The van der Waals surface area contributed by atoms with Crippen molar-refractivity contribution < 1.29 is 27.5 Å². The summed E-state index contributed by atoms with van der Waals surface area (Å²) >= 11 is 0. The van der Waals surface area contributed by atoms with Crippen LogP contribution in [0.5, 0.6) is 11.5 Å². The zero-order valence-corrected chi connectivity index (χ0v) is 22.2. The molecule has 38 heavy (non-hydrogen) atoms. The number of carbonyl (C=O) groups is 2. The number of hydrogen-bond acceptors (Lipinski definition) is 7. The number of carbonyl (C=O) groups excluding carboxylic acids is 2. The molecule has 0 saturated carbocycles. The van der Waals surface area contributed by atoms with Crippen molar-refractivity contribution in [3.63, 3.8) is 0 Å². The predicted molar refractivity (Wildman–Crippen MR) is 145 cm³/mol. The fourth-order valence-electron chi connectivity index (χ4n) is 3.63. The van der Waals surface area contributed by atoms with Crippen molar-refractivity contribution in [2.24, 2.45) is 5.10 Å². The van der Waals surface area contributed by atoms with Gasteiger partial charge >= 0.3 is 0 Å². The van der Waals surface area contributed by atoms with Crippen molar-refractivity contribution in [2.45, 2.75) is 18.2 Å². The van der Waals surface area contributed by atoms with Crippen LogP contribution in [0.1, 0.15) is 18.1 Å². The van der Waals surface area contributed by atoms with Crippen LogP contribution in [0.15, 0.2) is 82.8 Å². The lowest BCUT2D eigenvalue weighted by Crippen LogP contribution is -2.40. The molecule has 0 radical (unpaired) electrons. The second kappa shape index (κ2) is 13.4. The van der Waals surface area contributed by atoms with Gasteiger partial charge in [-0.15, -0.1) is 0 Å². The zero-order valence-electron chi connectivity index (χ0n) is 21.4. The zero-order chi connectivity index (χ0) is 27.5. The SMILES string of the molecule is COc1cccc(/C=N\NC(=O)CN(CCc2ccccc2)S(=O)(=O)c2ccc(NC(C)=O)cc2)c1OC. The average molecular weight is 539 g/mol. The van der Waals surface area contributed by atoms with Gasteiger partial charge < -0.3 is 14.8 Å². The number of rotatable bonds is 12. The maximum atomic E-state index is 13.5. The lowest BCUT2D eigenvalue weighted by atomic mass is 10.1. The molecule has 0 aliphatic rings. The monoisotopic (exact) mass is 538 g/mol. The van der Waals surface area contributed by atoms with E-state index in [1.807, 2.05) is 30.3 Å². The van der Waals surface area contributed by atoms with E-state index >= 15 is 0 Å². The number of ether oxygens (including phenoxy) is 2. The normalized spacial score (nSPS) is 11.4. The molecule has 0 unspecified atom stereocenters. The van der Waals surface area contributed by atoms with Crippen molar-refractivity contribution >= 4 is 33.7 Å². The molecule has 0 aromatic heterocycles. The molecule has 200 valence electrons. The van der Waals surface area contributed by atoms with Crippen molar-refractivity contribution in [3.05, 3.63) is 83.9 Å². The summed E-state index contributed by atoms with van der Waals surface area (Å²) in [6, 6.07) is 20.4. The minimum absolute atomic E-state index is 0.00270. The first-order valence-electron chi connectivity index (χ1n) is 11.7. The van der Waals surface area contributed by atoms with Crippen LogP contribution < -0.4 is 20.2 Å². The van der Waals surface area contributed by atoms with Crippen LogP contribution in [0.4, 0.5) is 5.69 Å². The van der Waals surface area contributed by atoms with Gasteiger partial charge in [-0.25, -0.2) is 13.8 Å². The van der Waals surface area contributed by atoms with Gasteiger partial charge in [-0.2, -0.15) is 9.41 Å². The summed E-state index contributed by atoms with van der Waals surface area (Å²) in [7, 11) is -1.03. The van der Waals surface area contributed by atoms with Gasteiger partial charge in [0.15, 0.2) is 11.5 Å². The van der Waals surface area contributed by atoms with Crippen LogP contribution in [0.2, 0.25) is 0 Å². The van der Waals surface area contributed by atoms with Crippen molar-refractivity contribution in [1.82, 2.24) is 9.73 Å². The van der Waals surface area contributed by atoms with E-state index in [4.69, 9.17) is 9.47 Å². The van der Waals surface area contributed by atoms with Gasteiger partial charge in [0.05, 0.1) is 31.9 Å². The molecule has 10 nitrogen and oxygen atoms in total. The molecule has 11 heteroatoms. The molecule has 0 atom stereocenters. The van der Waals surface area contributed by atoms with E-state index in [9.17, 15) is 18.0 Å². The van der Waals surface area contributed by atoms with E-state index in [2.05, 4.69) is 15.8 Å². The molecule has 2 N–H and O–H groups in total. The van der Waals surface area contributed by atoms with E-state index in [1.165, 1.54) is 51.6 Å². The highest BCUT2D eigenvalue weighted by Gasteiger charge is 2.26. The summed E-state index contributed by atoms with van der Waals surface area (Å²) in [6.07, 6.45) is 1.80. The Kier molecular flexibility index (Phi) is 9.97. The quantitative estimate of drug-likeness (QED) is 0.270. The smallest absolute Gasteiger partial charge is 0.255 e. The van der Waals surface area contributed by atoms with Gasteiger partial charge in [-0.05, 0) is 48.4 Å². The largest absolute Gasteiger partial charge is 0.493 e. The molecule has 0 spiro atoms. The number of nitrogens with zero attached hydrogens (tertiary/aromatic N) is 2. The molecular weight excluding hydrogens is 508 g/mol. The molecule has 3 rings (SSSR count). The van der Waals surface area contributed by atoms with E-state index in [0.717, 1.165) is 9.87 Å². The standard InChI is InChI=1S/C27H30N4O6S/c1-20(32)29-23-12-14-24(15-13-23)38(34,35)31(17-16-21-8-5-4-6-9-21)19-26(33)30-28-18-22-10-7-11-25(36-2)27(22)37-3/h4-15,18H,16-17,19H2,1-3H3,(H,29,32)(H,30,33)/b28-18-. The van der Waals surface area contributed by atoms with E-state index in [0.29, 0.717) is 29.2 Å². The van der Waals surface area contributed by atoms with Crippen molar-refractivity contribution in [3.8, 4) is 11.5 Å². The molecule has 0 fully saturated rings. The highest BCUT2D eigenvalue weighted by Crippen LogP contribution is 2.29. The first-order valence-corrected chi connectivity index (χ1v) is 13.1. The molecule has 2 amide bonds. The number of methoxy groups -OCH3 is 2. The molecule has 0 saturated heterocycles. The number of hydrogen-bond donors (Lipinski definition) is 2. The van der Waals surface area contributed by atoms with E-state index in [-0.39, 0.29) is 17.3 Å². The van der Waals surface area contributed by atoms with Crippen molar-refractivity contribution in [2.75, 3.05) is 32.6 Å². The Balaban J connectivity index is 1.77. The Hall–Kier alpha value is -4.22. The Labute approximate surface area is 222 Å². The molecular formula is C27H30N4O6S. The average Bonchev–Trinajstić information content (AvgIpc) is 2.91. The third kappa shape index (κ3) is 7.64. The van der Waals surface area contributed by atoms with Gasteiger partial charge in [0, 0.05) is 24.7 Å². The lowest BCUT2D eigenvalue weighted by molar-refractivity contribution is -0.121. The number of hydrazone groups is 1. The fraction of sp³-hybridized carbons (Fsp3) is 0.222. The Morgan fingerprint density at radius 1 is 0.947 bits per heavy atom. The molecule has 3 aromatic rings. The lowest BCUT2D eigenvalue weighted by Gasteiger charge is -2.21. The maximum absolute atomic E-state index is 13.5. The van der Waals surface area contributed by atoms with Gasteiger partial charge in [-0.1, -0.05) is 36.4 Å².